The molecule has 1 atom stereocenters. The number of hydrogen-bond donors (Lipinski definition) is 1. The molecule has 1 aromatic rings. The number of ether oxygens (including phenoxy) is 2. The maximum atomic E-state index is 6.27. The maximum absolute atomic E-state index is 6.27. The van der Waals surface area contributed by atoms with Crippen LogP contribution in [-0.4, -0.2) is 25.4 Å². The van der Waals surface area contributed by atoms with Crippen molar-refractivity contribution in [3.05, 3.63) is 27.7 Å². The monoisotopic (exact) mass is 301 g/mol. The average molecular weight is 302 g/mol. The lowest BCUT2D eigenvalue weighted by Gasteiger charge is -2.18. The van der Waals surface area contributed by atoms with Crippen LogP contribution in [0.25, 0.3) is 0 Å². The van der Waals surface area contributed by atoms with Crippen molar-refractivity contribution in [2.24, 2.45) is 0 Å². The fourth-order valence-corrected chi connectivity index (χ4v) is 2.77. The van der Waals surface area contributed by atoms with Crippen molar-refractivity contribution in [2.75, 3.05) is 13.2 Å². The Labute approximate surface area is 123 Å². The lowest BCUT2D eigenvalue weighted by molar-refractivity contribution is 0.140. The zero-order valence-corrected chi connectivity index (χ0v) is 12.1. The second-order valence-electron chi connectivity index (χ2n) is 5.13. The number of benzene rings is 1. The van der Waals surface area contributed by atoms with Crippen LogP contribution >= 0.6 is 23.2 Å². The number of rotatable bonds is 5. The first kappa shape index (κ1) is 13.5. The molecule has 5 heteroatoms. The highest BCUT2D eigenvalue weighted by molar-refractivity contribution is 6.35. The van der Waals surface area contributed by atoms with Crippen LogP contribution in [0.4, 0.5) is 0 Å². The third-order valence-corrected chi connectivity index (χ3v) is 3.92. The Morgan fingerprint density at radius 1 is 1.26 bits per heavy atom. The minimum absolute atomic E-state index is 0.0957. The standard InChI is InChI=1S/C14H17Cl2NO2/c15-10-5-9(7-17-11-1-2-11)14(13(16)6-10)19-12-3-4-18-8-12/h5-6,11-12,17H,1-4,7-8H2. The van der Waals surface area contributed by atoms with Crippen molar-refractivity contribution in [3.63, 3.8) is 0 Å². The van der Waals surface area contributed by atoms with Gasteiger partial charge in [-0.05, 0) is 25.0 Å². The number of nitrogens with one attached hydrogen (secondary N) is 1. The van der Waals surface area contributed by atoms with Crippen molar-refractivity contribution in [1.82, 2.24) is 5.32 Å². The Kier molecular flexibility index (Phi) is 4.18. The predicted octanol–water partition coefficient (Wildman–Crippen LogP) is 3.41. The molecule has 0 spiro atoms. The average Bonchev–Trinajstić information content (AvgIpc) is 3.06. The maximum Gasteiger partial charge on any atom is 0.143 e. The van der Waals surface area contributed by atoms with E-state index in [0.717, 1.165) is 30.9 Å². The third kappa shape index (κ3) is 3.54. The molecule has 104 valence electrons. The number of hydrogen-bond acceptors (Lipinski definition) is 3. The fourth-order valence-electron chi connectivity index (χ4n) is 2.19. The molecule has 1 saturated carbocycles. The third-order valence-electron chi connectivity index (χ3n) is 3.42. The first-order chi connectivity index (χ1) is 9.22. The SMILES string of the molecule is Clc1cc(Cl)c(OC2CCOC2)c(CNC2CC2)c1. The molecule has 0 radical (unpaired) electrons. The molecular weight excluding hydrogens is 285 g/mol. The molecule has 19 heavy (non-hydrogen) atoms. The van der Waals surface area contributed by atoms with Gasteiger partial charge in [-0.25, -0.2) is 0 Å². The van der Waals surface area contributed by atoms with Gasteiger partial charge in [0, 0.05) is 29.6 Å². The Hall–Kier alpha value is -0.480. The van der Waals surface area contributed by atoms with Crippen molar-refractivity contribution < 1.29 is 9.47 Å². The second kappa shape index (κ2) is 5.88. The van der Waals surface area contributed by atoms with Crippen LogP contribution in [0.2, 0.25) is 10.0 Å². The fraction of sp³-hybridized carbons (Fsp3) is 0.571. The smallest absolute Gasteiger partial charge is 0.143 e. The lowest BCUT2D eigenvalue weighted by atomic mass is 10.2. The summed E-state index contributed by atoms with van der Waals surface area (Å²) in [5, 5.41) is 4.69. The highest BCUT2D eigenvalue weighted by atomic mass is 35.5. The van der Waals surface area contributed by atoms with Gasteiger partial charge in [0.05, 0.1) is 18.2 Å². The van der Waals surface area contributed by atoms with Gasteiger partial charge in [-0.1, -0.05) is 23.2 Å². The van der Waals surface area contributed by atoms with Gasteiger partial charge in [-0.15, -0.1) is 0 Å². The van der Waals surface area contributed by atoms with E-state index >= 15 is 0 Å². The van der Waals surface area contributed by atoms with Crippen LogP contribution in [-0.2, 0) is 11.3 Å². The minimum Gasteiger partial charge on any atom is -0.486 e. The van der Waals surface area contributed by atoms with Gasteiger partial charge in [0.25, 0.3) is 0 Å². The first-order valence-corrected chi connectivity index (χ1v) is 7.43. The largest absolute Gasteiger partial charge is 0.486 e. The molecule has 2 fully saturated rings. The summed E-state index contributed by atoms with van der Waals surface area (Å²) in [4.78, 5) is 0. The molecule has 2 aliphatic rings. The van der Waals surface area contributed by atoms with Crippen LogP contribution in [0, 0.1) is 0 Å². The Balaban J connectivity index is 1.77. The van der Waals surface area contributed by atoms with Gasteiger partial charge in [0.15, 0.2) is 0 Å². The quantitative estimate of drug-likeness (QED) is 0.904. The van der Waals surface area contributed by atoms with Crippen LogP contribution in [0.3, 0.4) is 0 Å². The Morgan fingerprint density at radius 3 is 2.79 bits per heavy atom. The summed E-state index contributed by atoms with van der Waals surface area (Å²) in [6, 6.07) is 4.29. The molecule has 1 aliphatic carbocycles. The van der Waals surface area contributed by atoms with Gasteiger partial charge in [-0.3, -0.25) is 0 Å². The van der Waals surface area contributed by atoms with Crippen LogP contribution < -0.4 is 10.1 Å². The van der Waals surface area contributed by atoms with E-state index in [-0.39, 0.29) is 6.10 Å². The van der Waals surface area contributed by atoms with E-state index in [4.69, 9.17) is 32.7 Å². The van der Waals surface area contributed by atoms with Crippen LogP contribution in [0.15, 0.2) is 12.1 Å². The molecule has 1 unspecified atom stereocenters. The molecule has 1 heterocycles. The van der Waals surface area contributed by atoms with Gasteiger partial charge < -0.3 is 14.8 Å². The van der Waals surface area contributed by atoms with E-state index in [0.29, 0.717) is 22.7 Å². The lowest BCUT2D eigenvalue weighted by Crippen LogP contribution is -2.20. The molecule has 3 rings (SSSR count). The summed E-state index contributed by atoms with van der Waals surface area (Å²) in [5.74, 6) is 0.745. The van der Waals surface area contributed by atoms with Crippen LogP contribution in [0.1, 0.15) is 24.8 Å². The van der Waals surface area contributed by atoms with E-state index in [1.165, 1.54) is 12.8 Å². The topological polar surface area (TPSA) is 30.5 Å². The zero-order valence-electron chi connectivity index (χ0n) is 10.6. The molecule has 1 aromatic carbocycles. The predicted molar refractivity (Wildman–Crippen MR) is 76.2 cm³/mol. The molecule has 0 bridgehead atoms. The zero-order chi connectivity index (χ0) is 13.2. The highest BCUT2D eigenvalue weighted by Crippen LogP contribution is 2.34. The van der Waals surface area contributed by atoms with E-state index in [9.17, 15) is 0 Å². The van der Waals surface area contributed by atoms with Crippen molar-refractivity contribution in [3.8, 4) is 5.75 Å². The molecule has 1 saturated heterocycles. The summed E-state index contributed by atoms with van der Waals surface area (Å²) >= 11 is 12.3. The molecule has 1 aliphatic heterocycles. The molecule has 0 amide bonds. The van der Waals surface area contributed by atoms with E-state index in [1.807, 2.05) is 6.07 Å². The molecule has 1 N–H and O–H groups in total. The van der Waals surface area contributed by atoms with E-state index in [2.05, 4.69) is 5.32 Å². The van der Waals surface area contributed by atoms with Gasteiger partial charge in [-0.2, -0.15) is 0 Å². The Morgan fingerprint density at radius 2 is 2.11 bits per heavy atom. The van der Waals surface area contributed by atoms with E-state index in [1.54, 1.807) is 6.07 Å². The summed E-state index contributed by atoms with van der Waals surface area (Å²) < 4.78 is 11.3. The highest BCUT2D eigenvalue weighted by Gasteiger charge is 2.23. The van der Waals surface area contributed by atoms with Crippen molar-refractivity contribution in [2.45, 2.75) is 38.0 Å². The molecular formula is C14H17Cl2NO2. The summed E-state index contributed by atoms with van der Waals surface area (Å²) in [5.41, 5.74) is 1.02. The second-order valence-corrected chi connectivity index (χ2v) is 5.98. The Bertz CT molecular complexity index is 457. The number of halogens is 2. The summed E-state index contributed by atoms with van der Waals surface area (Å²) in [7, 11) is 0. The summed E-state index contributed by atoms with van der Waals surface area (Å²) in [6.07, 6.45) is 3.51. The van der Waals surface area contributed by atoms with Crippen molar-refractivity contribution in [1.29, 1.82) is 0 Å². The van der Waals surface area contributed by atoms with Crippen LogP contribution in [0.5, 0.6) is 5.75 Å². The molecule has 0 aromatic heterocycles. The minimum atomic E-state index is 0.0957. The summed E-state index contributed by atoms with van der Waals surface area (Å²) in [6.45, 7) is 2.13. The van der Waals surface area contributed by atoms with E-state index < -0.39 is 0 Å². The van der Waals surface area contributed by atoms with Gasteiger partial charge in [0.2, 0.25) is 0 Å². The molecule has 3 nitrogen and oxygen atoms in total. The van der Waals surface area contributed by atoms with Gasteiger partial charge >= 0.3 is 0 Å². The van der Waals surface area contributed by atoms with Gasteiger partial charge in [0.1, 0.15) is 11.9 Å². The normalized spacial score (nSPS) is 22.7. The first-order valence-electron chi connectivity index (χ1n) is 6.68. The van der Waals surface area contributed by atoms with Crippen molar-refractivity contribution >= 4 is 23.2 Å².